The topological polar surface area (TPSA) is 318 Å². The van der Waals surface area contributed by atoms with Crippen LogP contribution in [0.1, 0.15) is 149 Å². The maximum Gasteiger partial charge on any atom is 0.338 e. The predicted molar refractivity (Wildman–Crippen MR) is 318 cm³/mol. The summed E-state index contributed by atoms with van der Waals surface area (Å²) in [5.41, 5.74) is 0.190. The van der Waals surface area contributed by atoms with Gasteiger partial charge in [0, 0.05) is 35.1 Å². The van der Waals surface area contributed by atoms with E-state index in [0.29, 0.717) is 36.5 Å². The fraction of sp³-hybridized carbons (Fsp3) is 0.723. The van der Waals surface area contributed by atoms with Crippen molar-refractivity contribution in [1.82, 2.24) is 0 Å². The summed E-state index contributed by atoms with van der Waals surface area (Å²) >= 11 is 0. The van der Waals surface area contributed by atoms with Gasteiger partial charge >= 0.3 is 59.7 Å². The molecule has 0 radical (unpaired) electrons. The highest BCUT2D eigenvalue weighted by Crippen LogP contribution is 2.50. The Kier molecular flexibility index (Phi) is 30.0. The summed E-state index contributed by atoms with van der Waals surface area (Å²) in [6, 6.07) is 0. The van der Waals surface area contributed by atoms with Crippen molar-refractivity contribution in [1.29, 1.82) is 0 Å². The molecule has 91 heavy (non-hydrogen) atoms. The number of carbonyl (C=O) groups excluding carboxylic acids is 10. The average Bonchev–Trinajstić information content (AvgIpc) is 0.816. The molecule has 0 aromatic heterocycles. The van der Waals surface area contributed by atoms with Crippen LogP contribution >= 0.6 is 0 Å². The molecule has 26 nitrogen and oxygen atoms in total. The van der Waals surface area contributed by atoms with E-state index in [1.165, 1.54) is 55.4 Å². The molecule has 0 spiro atoms. The first kappa shape index (κ1) is 76.9. The Bertz CT molecular complexity index is 2380. The molecule has 0 aromatic carbocycles. The van der Waals surface area contributed by atoms with E-state index in [9.17, 15) is 47.9 Å². The molecule has 22 atom stereocenters. The van der Waals surface area contributed by atoms with Crippen molar-refractivity contribution in [2.24, 2.45) is 47.3 Å². The second-order valence-electron chi connectivity index (χ2n) is 24.8. The highest BCUT2D eigenvalue weighted by molar-refractivity contribution is 5.89. The molecule has 4 saturated carbocycles. The Hall–Kier alpha value is -6.58. The minimum Gasteiger partial charge on any atom is -0.453 e. The van der Waals surface area contributed by atoms with Crippen LogP contribution in [0.15, 0.2) is 48.6 Å². The highest BCUT2D eigenvalue weighted by atomic mass is 16.8. The monoisotopic (exact) mass is 1290 g/mol. The summed E-state index contributed by atoms with van der Waals surface area (Å²) < 4.78 is 87.5. The van der Waals surface area contributed by atoms with E-state index >= 15 is 0 Å². The standard InChI is InChI=1S/C36H56O12.C29H40O14/c1-17-9-18(2)26-11-25(17)29-13-30(26)46-22(6)34(38)43-16-44-36(40)24(8)48-32-14-31(27-12-28(32)20(4)10-19(27)3)47-23(7)35(39)42-15-41-33(37)21(5)45-29;1-14(2)22(30)38-20(11)28(42-24(32)16(5)6)40-18(9)26(34)36-13-37-27(35)19(10)41-29(43-25(33)17(7)8)21(12)39-23(31)15(3)4/h17-32H,9-16H2,1-8H3;18-21,28-29H,1,3,5,7,13H2,2,4,6,8-12H3. The van der Waals surface area contributed by atoms with Crippen molar-refractivity contribution < 1.29 is 124 Å². The van der Waals surface area contributed by atoms with Gasteiger partial charge in [-0.05, 0) is 156 Å². The van der Waals surface area contributed by atoms with Crippen LogP contribution in [0.4, 0.5) is 0 Å². The van der Waals surface area contributed by atoms with E-state index in [4.69, 9.17) is 75.8 Å². The molecule has 4 aliphatic carbocycles. The van der Waals surface area contributed by atoms with Crippen molar-refractivity contribution in [2.75, 3.05) is 20.4 Å². The zero-order chi connectivity index (χ0) is 68.5. The lowest BCUT2D eigenvalue weighted by Gasteiger charge is -2.51. The maximum atomic E-state index is 12.9. The van der Waals surface area contributed by atoms with Gasteiger partial charge in [-0.2, -0.15) is 0 Å². The zero-order valence-electron chi connectivity index (χ0n) is 55.5. The molecule has 0 aromatic rings. The maximum absolute atomic E-state index is 12.9. The molecule has 5 rings (SSSR count). The molecule has 26 heteroatoms. The van der Waals surface area contributed by atoms with Crippen LogP contribution in [-0.4, -0.2) is 166 Å². The summed E-state index contributed by atoms with van der Waals surface area (Å²) in [5.74, 6) is -5.54. The van der Waals surface area contributed by atoms with E-state index < -0.39 is 141 Å². The van der Waals surface area contributed by atoms with Gasteiger partial charge in [0.15, 0.2) is 48.8 Å². The number of rotatable bonds is 18. The summed E-state index contributed by atoms with van der Waals surface area (Å²) in [4.78, 5) is 124. The van der Waals surface area contributed by atoms with E-state index in [1.807, 2.05) is 0 Å². The predicted octanol–water partition coefficient (Wildman–Crippen LogP) is 7.33. The molecule has 512 valence electrons. The van der Waals surface area contributed by atoms with E-state index in [0.717, 1.165) is 25.7 Å². The number of fused-ring (bicyclic) bond motifs is 12. The summed E-state index contributed by atoms with van der Waals surface area (Å²) in [5, 5.41) is 0. The Morgan fingerprint density at radius 1 is 0.396 bits per heavy atom. The molecule has 1 aliphatic heterocycles. The lowest BCUT2D eigenvalue weighted by molar-refractivity contribution is -0.229. The number of hydrogen-bond donors (Lipinski definition) is 0. The molecule has 1 saturated heterocycles. The van der Waals surface area contributed by atoms with Crippen molar-refractivity contribution >= 4 is 59.7 Å². The Morgan fingerprint density at radius 2 is 0.637 bits per heavy atom. The lowest BCUT2D eigenvalue weighted by Crippen LogP contribution is -2.52. The molecule has 0 amide bonds. The van der Waals surface area contributed by atoms with Crippen molar-refractivity contribution in [3.05, 3.63) is 48.6 Å². The molecule has 0 N–H and O–H groups in total. The van der Waals surface area contributed by atoms with E-state index in [1.54, 1.807) is 27.7 Å². The number of ether oxygens (including phenoxy) is 16. The minimum absolute atomic E-state index is 0.0190. The van der Waals surface area contributed by atoms with E-state index in [-0.39, 0.29) is 70.4 Å². The van der Waals surface area contributed by atoms with Gasteiger partial charge in [0.05, 0.1) is 24.4 Å². The SMILES string of the molecule is C=C(C)C(=O)OC(C)C(OC(=O)C(=C)C)OC(C)C(=O)OCOC(=O)C(C)OC(OC(=O)C(=C)C)C(C)OC(=O)C(=C)C.CC1OC2CC(OC(C)C(=O)OCOC(=O)C(C)OC3CC(OC(C)C(=O)OCOC1=O)C1CC3C(C)CC1C)C1CC2C(C)CC1C. The highest BCUT2D eigenvalue weighted by Gasteiger charge is 2.50. The normalized spacial score (nSPS) is 31.7. The average molecular weight is 1290 g/mol. The second kappa shape index (κ2) is 35.5. The second-order valence-corrected chi connectivity index (χ2v) is 24.8. The van der Waals surface area contributed by atoms with Crippen LogP contribution in [-0.2, 0) is 124 Å². The largest absolute Gasteiger partial charge is 0.453 e. The third-order valence-electron chi connectivity index (χ3n) is 16.9. The van der Waals surface area contributed by atoms with Gasteiger partial charge < -0.3 is 75.8 Å². The fourth-order valence-electron chi connectivity index (χ4n) is 11.7. The summed E-state index contributed by atoms with van der Waals surface area (Å²) in [6.45, 7) is 37.9. The van der Waals surface area contributed by atoms with Crippen LogP contribution in [0, 0.1) is 47.3 Å². The van der Waals surface area contributed by atoms with Crippen LogP contribution in [0.25, 0.3) is 0 Å². The van der Waals surface area contributed by atoms with Gasteiger partial charge in [-0.25, -0.2) is 47.9 Å². The van der Waals surface area contributed by atoms with Gasteiger partial charge in [0.2, 0.25) is 33.0 Å². The van der Waals surface area contributed by atoms with Crippen LogP contribution in [0.2, 0.25) is 0 Å². The first-order chi connectivity index (χ1) is 42.5. The summed E-state index contributed by atoms with van der Waals surface area (Å²) in [6.07, 6.45) is -8.38. The fourth-order valence-corrected chi connectivity index (χ4v) is 11.7. The minimum atomic E-state index is -1.54. The van der Waals surface area contributed by atoms with Crippen molar-refractivity contribution in [3.63, 3.8) is 0 Å². The zero-order valence-corrected chi connectivity index (χ0v) is 55.5. The lowest BCUT2D eigenvalue weighted by atomic mass is 9.61. The third kappa shape index (κ3) is 22.9. The Labute approximate surface area is 533 Å². The molecule has 5 aliphatic rings. The van der Waals surface area contributed by atoms with Gasteiger partial charge in [-0.3, -0.25) is 0 Å². The summed E-state index contributed by atoms with van der Waals surface area (Å²) in [7, 11) is 0. The van der Waals surface area contributed by atoms with E-state index in [2.05, 4.69) is 54.0 Å². The first-order valence-corrected chi connectivity index (χ1v) is 30.9. The number of esters is 10. The quantitative estimate of drug-likeness (QED) is 0.0561. The van der Waals surface area contributed by atoms with Gasteiger partial charge in [0.25, 0.3) is 0 Å². The molecule has 22 unspecified atom stereocenters. The van der Waals surface area contributed by atoms with Crippen LogP contribution in [0.5, 0.6) is 0 Å². The molecule has 1 heterocycles. The molecular weight excluding hydrogens is 1200 g/mol. The number of hydrogen-bond acceptors (Lipinski definition) is 26. The van der Waals surface area contributed by atoms with Crippen LogP contribution < -0.4 is 0 Å². The van der Waals surface area contributed by atoms with Gasteiger partial charge in [-0.15, -0.1) is 0 Å². The smallest absolute Gasteiger partial charge is 0.338 e. The molecular formula is C65H96O26. The number of carbonyl (C=O) groups is 10. The van der Waals surface area contributed by atoms with Gasteiger partial charge in [-0.1, -0.05) is 54.0 Å². The third-order valence-corrected chi connectivity index (χ3v) is 16.9. The molecule has 8 bridgehead atoms. The van der Waals surface area contributed by atoms with Crippen molar-refractivity contribution in [3.8, 4) is 0 Å². The Balaban J connectivity index is 0.000000392. The molecule has 5 fully saturated rings. The first-order valence-electron chi connectivity index (χ1n) is 30.9. The number of cyclic esters (lactones) is 4. The van der Waals surface area contributed by atoms with Gasteiger partial charge in [0.1, 0.15) is 0 Å². The Morgan fingerprint density at radius 3 is 0.879 bits per heavy atom. The van der Waals surface area contributed by atoms with Crippen molar-refractivity contribution in [2.45, 2.75) is 235 Å². The van der Waals surface area contributed by atoms with Crippen LogP contribution in [0.3, 0.4) is 0 Å².